The van der Waals surface area contributed by atoms with E-state index in [4.69, 9.17) is 9.84 Å². The fourth-order valence-electron chi connectivity index (χ4n) is 2.20. The molecule has 0 amide bonds. The van der Waals surface area contributed by atoms with Crippen LogP contribution in [0, 0.1) is 0 Å². The fraction of sp³-hybridized carbons (Fsp3) is 0.455. The van der Waals surface area contributed by atoms with E-state index in [1.165, 1.54) is 7.11 Å². The van der Waals surface area contributed by atoms with E-state index in [0.29, 0.717) is 17.1 Å². The Labute approximate surface area is 94.8 Å². The van der Waals surface area contributed by atoms with Crippen molar-refractivity contribution in [2.24, 2.45) is 0 Å². The molecule has 1 atom stereocenters. The lowest BCUT2D eigenvalue weighted by Gasteiger charge is -2.11. The third-order valence-electron chi connectivity index (χ3n) is 2.89. The van der Waals surface area contributed by atoms with Gasteiger partial charge in [-0.25, -0.2) is 8.42 Å². The number of hydrogen-bond acceptors (Lipinski definition) is 4. The van der Waals surface area contributed by atoms with Crippen LogP contribution in [0.1, 0.15) is 17.9 Å². The first-order valence-electron chi connectivity index (χ1n) is 5.10. The van der Waals surface area contributed by atoms with Crippen LogP contribution in [0.15, 0.2) is 23.1 Å². The molecule has 0 saturated carbocycles. The summed E-state index contributed by atoms with van der Waals surface area (Å²) in [6.07, 6.45) is 0.451. The Morgan fingerprint density at radius 1 is 1.50 bits per heavy atom. The summed E-state index contributed by atoms with van der Waals surface area (Å²) in [4.78, 5) is 0.352. The molecule has 4 nitrogen and oxygen atoms in total. The highest BCUT2D eigenvalue weighted by Gasteiger charge is 2.36. The molecule has 88 valence electrons. The molecule has 1 N–H and O–H groups in total. The molecule has 0 radical (unpaired) electrons. The van der Waals surface area contributed by atoms with E-state index in [9.17, 15) is 8.42 Å². The first-order valence-corrected chi connectivity index (χ1v) is 6.76. The first kappa shape index (κ1) is 11.4. The lowest BCUT2D eigenvalue weighted by atomic mass is 9.97. The van der Waals surface area contributed by atoms with E-state index in [0.717, 1.165) is 5.56 Å². The van der Waals surface area contributed by atoms with E-state index in [-0.39, 0.29) is 18.3 Å². The Kier molecular flexibility index (Phi) is 2.90. The maximum atomic E-state index is 11.9. The molecule has 0 spiro atoms. The Hall–Kier alpha value is -1.07. The fourth-order valence-corrected chi connectivity index (χ4v) is 4.13. The van der Waals surface area contributed by atoms with Crippen LogP contribution in [0.3, 0.4) is 0 Å². The monoisotopic (exact) mass is 242 g/mol. The zero-order valence-corrected chi connectivity index (χ0v) is 9.83. The van der Waals surface area contributed by atoms with Crippen molar-refractivity contribution in [3.8, 4) is 5.75 Å². The minimum atomic E-state index is -3.20. The van der Waals surface area contributed by atoms with Gasteiger partial charge in [0.2, 0.25) is 0 Å². The van der Waals surface area contributed by atoms with Gasteiger partial charge < -0.3 is 9.84 Å². The highest BCUT2D eigenvalue weighted by molar-refractivity contribution is 7.91. The molecule has 1 aliphatic rings. The molecule has 0 aromatic heterocycles. The van der Waals surface area contributed by atoms with Gasteiger partial charge in [0, 0.05) is 18.1 Å². The van der Waals surface area contributed by atoms with Crippen LogP contribution in [0.25, 0.3) is 0 Å². The van der Waals surface area contributed by atoms with Crippen molar-refractivity contribution in [1.82, 2.24) is 0 Å². The van der Waals surface area contributed by atoms with Crippen molar-refractivity contribution < 1.29 is 18.3 Å². The van der Waals surface area contributed by atoms with E-state index >= 15 is 0 Å². The summed E-state index contributed by atoms with van der Waals surface area (Å²) in [6, 6.07) is 5.03. The largest absolute Gasteiger partial charge is 0.496 e. The quantitative estimate of drug-likeness (QED) is 0.857. The average Bonchev–Trinajstić information content (AvgIpc) is 2.51. The summed E-state index contributed by atoms with van der Waals surface area (Å²) in [5.74, 6) is 0.515. The molecular formula is C11H14O4S. The lowest BCUT2D eigenvalue weighted by molar-refractivity contribution is 0.278. The van der Waals surface area contributed by atoms with Gasteiger partial charge in [0.05, 0.1) is 17.8 Å². The molecule has 1 aromatic carbocycles. The van der Waals surface area contributed by atoms with E-state index in [1.54, 1.807) is 18.2 Å². The van der Waals surface area contributed by atoms with Crippen LogP contribution in [0.2, 0.25) is 0 Å². The molecule has 1 aliphatic heterocycles. The number of sulfone groups is 1. The van der Waals surface area contributed by atoms with Gasteiger partial charge in [-0.2, -0.15) is 0 Å². The van der Waals surface area contributed by atoms with Gasteiger partial charge >= 0.3 is 0 Å². The molecule has 2 rings (SSSR count). The number of aliphatic hydroxyl groups is 1. The summed E-state index contributed by atoms with van der Waals surface area (Å²) in [5, 5.41) is 8.95. The predicted octanol–water partition coefficient (Wildman–Crippen LogP) is 0.948. The molecule has 1 aromatic rings. The Bertz CT molecular complexity index is 493. The average molecular weight is 242 g/mol. The molecule has 0 saturated heterocycles. The second-order valence-corrected chi connectivity index (χ2v) is 5.87. The third kappa shape index (κ3) is 1.70. The van der Waals surface area contributed by atoms with Crippen molar-refractivity contribution in [3.05, 3.63) is 23.8 Å². The number of hydrogen-bond donors (Lipinski definition) is 1. The number of benzene rings is 1. The number of methoxy groups -OCH3 is 1. The maximum absolute atomic E-state index is 11.9. The minimum absolute atomic E-state index is 0.0162. The van der Waals surface area contributed by atoms with Crippen molar-refractivity contribution in [2.75, 3.05) is 19.5 Å². The topological polar surface area (TPSA) is 63.6 Å². The number of aliphatic hydroxyl groups excluding tert-OH is 1. The summed E-state index contributed by atoms with van der Waals surface area (Å²) >= 11 is 0. The molecule has 16 heavy (non-hydrogen) atoms. The molecule has 1 heterocycles. The van der Waals surface area contributed by atoms with Gasteiger partial charge in [0.15, 0.2) is 9.84 Å². The minimum Gasteiger partial charge on any atom is -0.496 e. The van der Waals surface area contributed by atoms with Crippen molar-refractivity contribution in [3.63, 3.8) is 0 Å². The van der Waals surface area contributed by atoms with Gasteiger partial charge in [-0.3, -0.25) is 0 Å². The van der Waals surface area contributed by atoms with Gasteiger partial charge in [-0.1, -0.05) is 6.07 Å². The smallest absolute Gasteiger partial charge is 0.179 e. The van der Waals surface area contributed by atoms with E-state index in [2.05, 4.69) is 0 Å². The number of rotatable bonds is 3. The van der Waals surface area contributed by atoms with Crippen molar-refractivity contribution in [1.29, 1.82) is 0 Å². The SMILES string of the molecule is COc1cccc2c1C(CCO)CS2(=O)=O. The molecule has 0 fully saturated rings. The van der Waals surface area contributed by atoms with Crippen LogP contribution >= 0.6 is 0 Å². The molecule has 0 aliphatic carbocycles. The van der Waals surface area contributed by atoms with Crippen LogP contribution in [0.5, 0.6) is 5.75 Å². The second-order valence-electron chi connectivity index (χ2n) is 3.86. The van der Waals surface area contributed by atoms with Gasteiger partial charge in [0.1, 0.15) is 5.75 Å². The lowest BCUT2D eigenvalue weighted by Crippen LogP contribution is -2.05. The Balaban J connectivity index is 2.59. The van der Waals surface area contributed by atoms with E-state index in [1.807, 2.05) is 0 Å². The first-order chi connectivity index (χ1) is 7.60. The molecular weight excluding hydrogens is 228 g/mol. The van der Waals surface area contributed by atoms with Crippen molar-refractivity contribution in [2.45, 2.75) is 17.2 Å². The highest BCUT2D eigenvalue weighted by atomic mass is 32.2. The van der Waals surface area contributed by atoms with Gasteiger partial charge in [-0.05, 0) is 18.6 Å². The summed E-state index contributed by atoms with van der Waals surface area (Å²) in [7, 11) is -1.68. The second kappa shape index (κ2) is 4.07. The van der Waals surface area contributed by atoms with Crippen LogP contribution in [0.4, 0.5) is 0 Å². The molecule has 5 heteroatoms. The number of fused-ring (bicyclic) bond motifs is 1. The summed E-state index contributed by atoms with van der Waals surface area (Å²) in [5.41, 5.74) is 0.721. The molecule has 1 unspecified atom stereocenters. The maximum Gasteiger partial charge on any atom is 0.179 e. The van der Waals surface area contributed by atoms with Crippen LogP contribution in [-0.4, -0.2) is 33.0 Å². The third-order valence-corrected chi connectivity index (χ3v) is 4.75. The summed E-state index contributed by atoms with van der Waals surface area (Å²) in [6.45, 7) is -0.0162. The highest BCUT2D eigenvalue weighted by Crippen LogP contribution is 2.42. The summed E-state index contributed by atoms with van der Waals surface area (Å²) < 4.78 is 28.9. The van der Waals surface area contributed by atoms with Crippen LogP contribution < -0.4 is 4.74 Å². The molecule has 0 bridgehead atoms. The predicted molar refractivity (Wildman–Crippen MR) is 59.5 cm³/mol. The zero-order valence-electron chi connectivity index (χ0n) is 9.01. The van der Waals surface area contributed by atoms with Crippen LogP contribution in [-0.2, 0) is 9.84 Å². The van der Waals surface area contributed by atoms with E-state index < -0.39 is 9.84 Å². The standard InChI is InChI=1S/C11H14O4S/c1-15-9-3-2-4-10-11(9)8(5-6-12)7-16(10,13)14/h2-4,8,12H,5-7H2,1H3. The number of ether oxygens (including phenoxy) is 1. The normalized spacial score (nSPS) is 21.8. The van der Waals surface area contributed by atoms with Crippen molar-refractivity contribution >= 4 is 9.84 Å². The zero-order chi connectivity index (χ0) is 11.8. The van der Waals surface area contributed by atoms with Gasteiger partial charge in [0.25, 0.3) is 0 Å². The van der Waals surface area contributed by atoms with Gasteiger partial charge in [-0.15, -0.1) is 0 Å². The Morgan fingerprint density at radius 2 is 2.25 bits per heavy atom. The Morgan fingerprint density at radius 3 is 2.88 bits per heavy atom.